The van der Waals surface area contributed by atoms with Crippen molar-refractivity contribution in [2.45, 2.75) is 6.92 Å². The Kier molecular flexibility index (Phi) is 2.11. The number of hydrogen-bond donors (Lipinski definition) is 2. The second kappa shape index (κ2) is 3.05. The van der Waals surface area contributed by atoms with Crippen molar-refractivity contribution in [3.63, 3.8) is 0 Å². The molecule has 0 unspecified atom stereocenters. The molecule has 0 aliphatic carbocycles. The molecule has 0 spiro atoms. The lowest BCUT2D eigenvalue weighted by Crippen LogP contribution is -1.80. The maximum atomic E-state index is 5.22. The Labute approximate surface area is 65.6 Å². The lowest BCUT2D eigenvalue weighted by Gasteiger charge is -1.88. The van der Waals surface area contributed by atoms with Crippen molar-refractivity contribution in [1.82, 2.24) is 10.2 Å². The molecule has 3 nitrogen and oxygen atoms in total. The molecule has 3 N–H and O–H groups in total. The molecule has 1 rings (SSSR count). The van der Waals surface area contributed by atoms with Gasteiger partial charge in [0.05, 0.1) is 5.69 Å². The zero-order valence-corrected chi connectivity index (χ0v) is 6.46. The highest BCUT2D eigenvalue weighted by atomic mass is 15.1. The Morgan fingerprint density at radius 1 is 1.64 bits per heavy atom. The number of H-pyrrole nitrogens is 1. The van der Waals surface area contributed by atoms with E-state index in [0.717, 1.165) is 17.0 Å². The minimum Gasteiger partial charge on any atom is -0.405 e. The molecule has 0 radical (unpaired) electrons. The summed E-state index contributed by atoms with van der Waals surface area (Å²) < 4.78 is 0. The standard InChI is InChI=1S/C8H11N3/c1-3-7-6(2)10-11-8(7)4-5-9/h3-5H,1,9H2,2H3,(H,10,11)/b5-4-. The lowest BCUT2D eigenvalue weighted by molar-refractivity contribution is 1.04. The normalized spacial score (nSPS) is 10.6. The van der Waals surface area contributed by atoms with Gasteiger partial charge in [-0.1, -0.05) is 12.7 Å². The second-order valence-corrected chi connectivity index (χ2v) is 2.21. The first-order valence-electron chi connectivity index (χ1n) is 3.35. The molecule has 3 heteroatoms. The van der Waals surface area contributed by atoms with Gasteiger partial charge in [0, 0.05) is 11.3 Å². The van der Waals surface area contributed by atoms with Crippen LogP contribution in [-0.4, -0.2) is 10.2 Å². The number of nitrogens with one attached hydrogen (secondary N) is 1. The van der Waals surface area contributed by atoms with Crippen molar-refractivity contribution in [1.29, 1.82) is 0 Å². The third kappa shape index (κ3) is 1.32. The van der Waals surface area contributed by atoms with Gasteiger partial charge in [-0.05, 0) is 19.2 Å². The zero-order chi connectivity index (χ0) is 8.27. The van der Waals surface area contributed by atoms with Gasteiger partial charge in [-0.2, -0.15) is 5.10 Å². The monoisotopic (exact) mass is 149 g/mol. The fourth-order valence-electron chi connectivity index (χ4n) is 0.932. The highest BCUT2D eigenvalue weighted by molar-refractivity contribution is 5.62. The van der Waals surface area contributed by atoms with Gasteiger partial charge in [-0.3, -0.25) is 5.10 Å². The highest BCUT2D eigenvalue weighted by Crippen LogP contribution is 2.12. The van der Waals surface area contributed by atoms with Gasteiger partial charge < -0.3 is 5.73 Å². The Morgan fingerprint density at radius 2 is 2.36 bits per heavy atom. The number of rotatable bonds is 2. The van der Waals surface area contributed by atoms with E-state index in [0.29, 0.717) is 0 Å². The number of hydrogen-bond acceptors (Lipinski definition) is 2. The lowest BCUT2D eigenvalue weighted by atomic mass is 10.2. The van der Waals surface area contributed by atoms with Crippen LogP contribution in [0.4, 0.5) is 0 Å². The third-order valence-electron chi connectivity index (χ3n) is 1.48. The predicted octanol–water partition coefficient (Wildman–Crippen LogP) is 1.29. The van der Waals surface area contributed by atoms with Crippen LogP contribution in [0.1, 0.15) is 17.0 Å². The molecule has 0 saturated carbocycles. The summed E-state index contributed by atoms with van der Waals surface area (Å²) in [5.41, 5.74) is 8.07. The average Bonchev–Trinajstić information content (AvgIpc) is 2.33. The number of aromatic amines is 1. The zero-order valence-electron chi connectivity index (χ0n) is 6.46. The van der Waals surface area contributed by atoms with E-state index in [1.165, 1.54) is 6.20 Å². The van der Waals surface area contributed by atoms with E-state index in [4.69, 9.17) is 5.73 Å². The molecule has 11 heavy (non-hydrogen) atoms. The minimum absolute atomic E-state index is 0.833. The fraction of sp³-hybridized carbons (Fsp3) is 0.125. The SMILES string of the molecule is C=Cc1c(/C=C\N)n[nH]c1C. The van der Waals surface area contributed by atoms with Gasteiger partial charge >= 0.3 is 0 Å². The summed E-state index contributed by atoms with van der Waals surface area (Å²) in [7, 11) is 0. The molecule has 1 heterocycles. The first-order valence-corrected chi connectivity index (χ1v) is 3.35. The molecule has 0 fully saturated rings. The molecule has 0 amide bonds. The van der Waals surface area contributed by atoms with Gasteiger partial charge in [-0.25, -0.2) is 0 Å². The van der Waals surface area contributed by atoms with Crippen molar-refractivity contribution < 1.29 is 0 Å². The molecule has 0 saturated heterocycles. The molecule has 0 aliphatic heterocycles. The largest absolute Gasteiger partial charge is 0.405 e. The molecular formula is C8H11N3. The number of nitrogens with zero attached hydrogens (tertiary/aromatic N) is 1. The Hall–Kier alpha value is -1.51. The van der Waals surface area contributed by atoms with Crippen LogP contribution in [0.2, 0.25) is 0 Å². The smallest absolute Gasteiger partial charge is 0.0937 e. The first-order chi connectivity index (χ1) is 5.29. The van der Waals surface area contributed by atoms with Crippen LogP contribution in [0, 0.1) is 6.92 Å². The molecule has 0 bridgehead atoms. The minimum atomic E-state index is 0.833. The van der Waals surface area contributed by atoms with Crippen LogP contribution in [0.25, 0.3) is 12.2 Å². The highest BCUT2D eigenvalue weighted by Gasteiger charge is 2.01. The van der Waals surface area contributed by atoms with Gasteiger partial charge in [0.15, 0.2) is 0 Å². The molecule has 0 aliphatic rings. The van der Waals surface area contributed by atoms with Crippen LogP contribution in [0.5, 0.6) is 0 Å². The molecular weight excluding hydrogens is 138 g/mol. The van der Waals surface area contributed by atoms with Gasteiger partial charge in [0.1, 0.15) is 0 Å². The maximum absolute atomic E-state index is 5.22. The van der Waals surface area contributed by atoms with Gasteiger partial charge in [0.2, 0.25) is 0 Å². The molecule has 0 atom stereocenters. The number of aryl methyl sites for hydroxylation is 1. The van der Waals surface area contributed by atoms with E-state index >= 15 is 0 Å². The van der Waals surface area contributed by atoms with Crippen LogP contribution >= 0.6 is 0 Å². The Morgan fingerprint density at radius 3 is 2.91 bits per heavy atom. The van der Waals surface area contributed by atoms with Gasteiger partial charge in [-0.15, -0.1) is 0 Å². The van der Waals surface area contributed by atoms with Crippen LogP contribution in [0.15, 0.2) is 12.8 Å². The topological polar surface area (TPSA) is 54.7 Å². The summed E-state index contributed by atoms with van der Waals surface area (Å²) in [6.07, 6.45) is 4.96. The third-order valence-corrected chi connectivity index (χ3v) is 1.48. The summed E-state index contributed by atoms with van der Waals surface area (Å²) in [5.74, 6) is 0. The van der Waals surface area contributed by atoms with Crippen molar-refractivity contribution in [2.24, 2.45) is 5.73 Å². The van der Waals surface area contributed by atoms with Crippen molar-refractivity contribution in [2.75, 3.05) is 0 Å². The number of nitrogens with two attached hydrogens (primary N) is 1. The summed E-state index contributed by atoms with van der Waals surface area (Å²) in [4.78, 5) is 0. The maximum Gasteiger partial charge on any atom is 0.0937 e. The Balaban J connectivity index is 3.15. The van der Waals surface area contributed by atoms with Crippen LogP contribution in [0.3, 0.4) is 0 Å². The van der Waals surface area contributed by atoms with E-state index in [9.17, 15) is 0 Å². The quantitative estimate of drug-likeness (QED) is 0.665. The average molecular weight is 149 g/mol. The molecule has 58 valence electrons. The summed E-state index contributed by atoms with van der Waals surface area (Å²) in [6, 6.07) is 0. The van der Waals surface area contributed by atoms with Crippen molar-refractivity contribution in [3.05, 3.63) is 29.7 Å². The predicted molar refractivity (Wildman–Crippen MR) is 46.6 cm³/mol. The fourth-order valence-corrected chi connectivity index (χ4v) is 0.932. The van der Waals surface area contributed by atoms with Crippen molar-refractivity contribution in [3.8, 4) is 0 Å². The molecule has 0 aromatic carbocycles. The first kappa shape index (κ1) is 7.60. The molecule has 1 aromatic rings. The van der Waals surface area contributed by atoms with Crippen molar-refractivity contribution >= 4 is 12.2 Å². The summed E-state index contributed by atoms with van der Waals surface area (Å²) >= 11 is 0. The van der Waals surface area contributed by atoms with E-state index in [2.05, 4.69) is 16.8 Å². The number of aromatic nitrogens is 2. The molecule has 1 aromatic heterocycles. The van der Waals surface area contributed by atoms with Crippen LogP contribution in [-0.2, 0) is 0 Å². The second-order valence-electron chi connectivity index (χ2n) is 2.21. The summed E-state index contributed by atoms with van der Waals surface area (Å²) in [6.45, 7) is 5.61. The van der Waals surface area contributed by atoms with Crippen LogP contribution < -0.4 is 5.73 Å². The summed E-state index contributed by atoms with van der Waals surface area (Å²) in [5, 5.41) is 6.86. The van der Waals surface area contributed by atoms with E-state index in [1.807, 2.05) is 6.92 Å². The van der Waals surface area contributed by atoms with E-state index < -0.39 is 0 Å². The van der Waals surface area contributed by atoms with E-state index in [1.54, 1.807) is 12.2 Å². The van der Waals surface area contributed by atoms with E-state index in [-0.39, 0.29) is 0 Å². The van der Waals surface area contributed by atoms with Gasteiger partial charge in [0.25, 0.3) is 0 Å². The Bertz CT molecular complexity index is 284.